The van der Waals surface area contributed by atoms with E-state index in [4.69, 9.17) is 66.3 Å². The summed E-state index contributed by atoms with van der Waals surface area (Å²) in [5, 5.41) is 2.63. The van der Waals surface area contributed by atoms with Crippen LogP contribution < -0.4 is 5.32 Å². The molecule has 0 heterocycles. The van der Waals surface area contributed by atoms with Crippen LogP contribution in [-0.4, -0.2) is 216 Å². The number of nitrogens with zero attached hydrogens (tertiary/aromatic N) is 1. The van der Waals surface area contributed by atoms with Gasteiger partial charge in [-0.2, -0.15) is 0 Å². The van der Waals surface area contributed by atoms with Crippen molar-refractivity contribution >= 4 is 6.09 Å². The van der Waals surface area contributed by atoms with Crippen molar-refractivity contribution in [3.63, 3.8) is 0 Å². The van der Waals surface area contributed by atoms with Gasteiger partial charge in [0.25, 0.3) is 0 Å². The van der Waals surface area contributed by atoms with E-state index in [1.807, 2.05) is 34.9 Å². The van der Waals surface area contributed by atoms with Crippen LogP contribution in [0.4, 0.5) is 4.79 Å². The molecule has 52 heavy (non-hydrogen) atoms. The van der Waals surface area contributed by atoms with Gasteiger partial charge in [0, 0.05) is 13.1 Å². The Labute approximate surface area is 312 Å². The molecule has 0 spiro atoms. The third-order valence-corrected chi connectivity index (χ3v) is 6.06. The van der Waals surface area contributed by atoms with E-state index < -0.39 is 11.7 Å². The normalized spacial score (nSPS) is 11.9. The van der Waals surface area contributed by atoms with E-state index in [2.05, 4.69) is 10.2 Å². The maximum atomic E-state index is 11.5. The number of nitrogens with one attached hydrogen (secondary N) is 1. The van der Waals surface area contributed by atoms with Crippen molar-refractivity contribution in [2.24, 2.45) is 0 Å². The maximum Gasteiger partial charge on any atom is 0.407 e. The molecule has 0 radical (unpaired) electrons. The summed E-state index contributed by atoms with van der Waals surface area (Å²) >= 11 is 0. The number of ether oxygens (including phenoxy) is 14. The predicted molar refractivity (Wildman–Crippen MR) is 193 cm³/mol. The van der Waals surface area contributed by atoms with E-state index in [0.717, 1.165) is 6.54 Å². The average molecular weight is 761 g/mol. The van der Waals surface area contributed by atoms with E-state index in [0.29, 0.717) is 178 Å². The summed E-state index contributed by atoms with van der Waals surface area (Å²) in [7, 11) is 4.04. The van der Waals surface area contributed by atoms with Crippen LogP contribution in [0.2, 0.25) is 0 Å². The topological polar surface area (TPSA) is 162 Å². The summed E-state index contributed by atoms with van der Waals surface area (Å²) in [6.45, 7) is 20.0. The lowest BCUT2D eigenvalue weighted by atomic mass is 10.2. The zero-order valence-corrected chi connectivity index (χ0v) is 32.9. The molecule has 0 unspecified atom stereocenters. The lowest BCUT2D eigenvalue weighted by Crippen LogP contribution is -2.34. The fourth-order valence-electron chi connectivity index (χ4n) is 3.53. The van der Waals surface area contributed by atoms with Crippen LogP contribution in [0.25, 0.3) is 0 Å². The molecule has 0 saturated heterocycles. The molecule has 1 N–H and O–H groups in total. The highest BCUT2D eigenvalue weighted by molar-refractivity contribution is 5.67. The minimum Gasteiger partial charge on any atom is -0.444 e. The molecule has 0 aromatic heterocycles. The fourth-order valence-corrected chi connectivity index (χ4v) is 3.53. The molecule has 0 aliphatic heterocycles. The number of rotatable bonds is 42. The summed E-state index contributed by atoms with van der Waals surface area (Å²) in [6.07, 6.45) is -0.453. The Hall–Kier alpha value is -1.29. The first-order chi connectivity index (χ1) is 25.3. The highest BCUT2D eigenvalue weighted by Gasteiger charge is 2.15. The van der Waals surface area contributed by atoms with Gasteiger partial charge >= 0.3 is 6.09 Å². The first-order valence-electron chi connectivity index (χ1n) is 18.4. The van der Waals surface area contributed by atoms with Crippen LogP contribution in [0.15, 0.2) is 0 Å². The van der Waals surface area contributed by atoms with Crippen molar-refractivity contribution in [3.05, 3.63) is 0 Å². The summed E-state index contributed by atoms with van der Waals surface area (Å²) in [4.78, 5) is 13.6. The van der Waals surface area contributed by atoms with Gasteiger partial charge in [0.1, 0.15) is 5.60 Å². The van der Waals surface area contributed by atoms with Gasteiger partial charge in [0.05, 0.1) is 172 Å². The first kappa shape index (κ1) is 50.7. The Balaban J connectivity index is 3.09. The molecule has 0 aliphatic carbocycles. The number of amides is 1. The summed E-state index contributed by atoms with van der Waals surface area (Å²) < 4.78 is 76.2. The first-order valence-corrected chi connectivity index (χ1v) is 18.4. The van der Waals surface area contributed by atoms with Crippen LogP contribution in [0.3, 0.4) is 0 Å². The SMILES string of the molecule is CN(C)CCOCCOCCOCCOCCOCCOCCOCCOCCOCCOCCOCCOCCOCCNC(=O)OC(C)(C)C. The van der Waals surface area contributed by atoms with Crippen molar-refractivity contribution in [1.82, 2.24) is 10.2 Å². The Morgan fingerprint density at radius 1 is 0.385 bits per heavy atom. The van der Waals surface area contributed by atoms with Gasteiger partial charge < -0.3 is 76.5 Å². The second-order valence-corrected chi connectivity index (χ2v) is 12.2. The number of alkyl carbamates (subject to hydrolysis) is 1. The van der Waals surface area contributed by atoms with E-state index in [9.17, 15) is 4.79 Å². The lowest BCUT2D eigenvalue weighted by Gasteiger charge is -2.19. The molecular weight excluding hydrogens is 688 g/mol. The Morgan fingerprint density at radius 2 is 0.596 bits per heavy atom. The molecule has 0 aromatic rings. The van der Waals surface area contributed by atoms with Crippen LogP contribution in [0, 0.1) is 0 Å². The molecule has 0 aliphatic rings. The molecule has 312 valence electrons. The summed E-state index contributed by atoms with van der Waals surface area (Å²) in [5.41, 5.74) is -0.513. The molecule has 17 heteroatoms. The quantitative estimate of drug-likeness (QED) is 0.0886. The van der Waals surface area contributed by atoms with Crippen molar-refractivity contribution in [3.8, 4) is 0 Å². The molecule has 0 rings (SSSR count). The molecule has 0 fully saturated rings. The van der Waals surface area contributed by atoms with E-state index in [1.165, 1.54) is 0 Å². The van der Waals surface area contributed by atoms with Gasteiger partial charge in [-0.05, 0) is 34.9 Å². The zero-order chi connectivity index (χ0) is 38.1. The maximum absolute atomic E-state index is 11.5. The predicted octanol–water partition coefficient (Wildman–Crippen LogP) is 1.29. The second kappa shape index (κ2) is 40.9. The summed E-state index contributed by atoms with van der Waals surface area (Å²) in [5.74, 6) is 0. The third kappa shape index (κ3) is 46.7. The van der Waals surface area contributed by atoms with Gasteiger partial charge in [-0.15, -0.1) is 0 Å². The van der Waals surface area contributed by atoms with Gasteiger partial charge in [-0.25, -0.2) is 4.79 Å². The Morgan fingerprint density at radius 3 is 0.808 bits per heavy atom. The van der Waals surface area contributed by atoms with Gasteiger partial charge in [0.2, 0.25) is 0 Å². The van der Waals surface area contributed by atoms with Gasteiger partial charge in [-0.3, -0.25) is 0 Å². The smallest absolute Gasteiger partial charge is 0.407 e. The van der Waals surface area contributed by atoms with Gasteiger partial charge in [0.15, 0.2) is 0 Å². The van der Waals surface area contributed by atoms with Crippen molar-refractivity contribution < 1.29 is 71.1 Å². The van der Waals surface area contributed by atoms with Crippen LogP contribution >= 0.6 is 0 Å². The molecule has 0 atom stereocenters. The number of likely N-dealkylation sites (N-methyl/N-ethyl adjacent to an activating group) is 1. The third-order valence-electron chi connectivity index (χ3n) is 6.06. The minimum atomic E-state index is -0.513. The highest BCUT2D eigenvalue weighted by Crippen LogP contribution is 2.06. The second-order valence-electron chi connectivity index (χ2n) is 12.2. The van der Waals surface area contributed by atoms with Crippen LogP contribution in [-0.2, 0) is 66.3 Å². The largest absolute Gasteiger partial charge is 0.444 e. The van der Waals surface area contributed by atoms with Crippen LogP contribution in [0.5, 0.6) is 0 Å². The van der Waals surface area contributed by atoms with Crippen molar-refractivity contribution in [2.45, 2.75) is 26.4 Å². The van der Waals surface area contributed by atoms with E-state index >= 15 is 0 Å². The fraction of sp³-hybridized carbons (Fsp3) is 0.971. The number of carbonyl (C=O) groups excluding carboxylic acids is 1. The molecule has 0 saturated carbocycles. The van der Waals surface area contributed by atoms with Crippen molar-refractivity contribution in [1.29, 1.82) is 0 Å². The van der Waals surface area contributed by atoms with Crippen molar-refractivity contribution in [2.75, 3.05) is 199 Å². The molecule has 1 amide bonds. The standard InChI is InChI=1S/C35H72N2O15/c1-35(2,3)52-34(38)36-6-8-39-10-12-41-14-16-43-18-20-45-22-24-47-26-28-49-30-32-51-33-31-50-29-27-48-25-23-46-21-19-44-17-15-42-13-11-40-9-7-37(4)5/h6-33H2,1-5H3,(H,36,38). The molecular formula is C35H72N2O15. The number of hydrogen-bond acceptors (Lipinski definition) is 16. The lowest BCUT2D eigenvalue weighted by molar-refractivity contribution is -0.0290. The zero-order valence-electron chi connectivity index (χ0n) is 32.9. The minimum absolute atomic E-state index is 0.381. The van der Waals surface area contributed by atoms with Gasteiger partial charge in [-0.1, -0.05) is 0 Å². The summed E-state index contributed by atoms with van der Waals surface area (Å²) in [6, 6.07) is 0. The monoisotopic (exact) mass is 760 g/mol. The Bertz CT molecular complexity index is 720. The number of hydrogen-bond donors (Lipinski definition) is 1. The Kier molecular flexibility index (Phi) is 39.9. The van der Waals surface area contributed by atoms with E-state index in [-0.39, 0.29) is 0 Å². The number of carbonyl (C=O) groups is 1. The van der Waals surface area contributed by atoms with E-state index in [1.54, 1.807) is 0 Å². The molecule has 17 nitrogen and oxygen atoms in total. The molecule has 0 aromatic carbocycles. The van der Waals surface area contributed by atoms with Crippen LogP contribution in [0.1, 0.15) is 20.8 Å². The highest BCUT2D eigenvalue weighted by atomic mass is 16.6. The average Bonchev–Trinajstić information content (AvgIpc) is 3.09. The molecule has 0 bridgehead atoms.